The molecule has 1 aliphatic heterocycles. The Bertz CT molecular complexity index is 898. The number of halogens is 1. The number of rotatable bonds is 3. The number of methoxy groups -OCH3 is 1. The Kier molecular flexibility index (Phi) is 5.82. The van der Waals surface area contributed by atoms with E-state index in [1.807, 2.05) is 6.07 Å². The molecule has 1 heterocycles. The number of ether oxygens (including phenoxy) is 1. The van der Waals surface area contributed by atoms with Crippen molar-refractivity contribution in [1.82, 2.24) is 4.90 Å². The summed E-state index contributed by atoms with van der Waals surface area (Å²) in [5.41, 5.74) is 4.14. The molecule has 3 rings (SSSR count). The van der Waals surface area contributed by atoms with Gasteiger partial charge in [0.15, 0.2) is 0 Å². The molecule has 1 aliphatic rings. The van der Waals surface area contributed by atoms with Gasteiger partial charge in [0.1, 0.15) is 5.82 Å². The van der Waals surface area contributed by atoms with Crippen LogP contribution in [0.5, 0.6) is 0 Å². The molecular weight excluding hydrogens is 361 g/mol. The number of nitrogens with one attached hydrogen (secondary N) is 2. The quantitative estimate of drug-likeness (QED) is 0.803. The van der Waals surface area contributed by atoms with E-state index in [0.717, 1.165) is 12.0 Å². The van der Waals surface area contributed by atoms with Gasteiger partial charge in [-0.25, -0.2) is 14.0 Å². The van der Waals surface area contributed by atoms with Crippen molar-refractivity contribution in [3.05, 3.63) is 58.9 Å². The van der Waals surface area contributed by atoms with Gasteiger partial charge in [0.25, 0.3) is 0 Å². The average Bonchev–Trinajstić information content (AvgIpc) is 2.69. The summed E-state index contributed by atoms with van der Waals surface area (Å²) in [6, 6.07) is 9.95. The molecule has 2 aromatic rings. The first-order valence-electron chi connectivity index (χ1n) is 9.20. The number of carbonyl (C=O) groups excluding carboxylic acids is 2. The van der Waals surface area contributed by atoms with Crippen LogP contribution in [-0.2, 0) is 17.7 Å². The topological polar surface area (TPSA) is 70.7 Å². The third-order valence-corrected chi connectivity index (χ3v) is 4.85. The number of amides is 3. The standard InChI is InChI=1S/C21H24FN3O3/c1-13(2)16-6-4-5-14-12-25(10-9-17(14)16)20(26)23-15-7-8-18(22)19(11-15)24-21(27)28-3/h4-8,11,13H,9-10,12H2,1-3H3,(H,23,26)(H,24,27). The highest BCUT2D eigenvalue weighted by Crippen LogP contribution is 2.28. The normalized spacial score (nSPS) is 13.1. The zero-order chi connectivity index (χ0) is 20.3. The lowest BCUT2D eigenvalue weighted by Gasteiger charge is -2.31. The Morgan fingerprint density at radius 2 is 1.96 bits per heavy atom. The average molecular weight is 385 g/mol. The lowest BCUT2D eigenvalue weighted by molar-refractivity contribution is 0.186. The fourth-order valence-electron chi connectivity index (χ4n) is 3.42. The molecule has 2 aromatic carbocycles. The van der Waals surface area contributed by atoms with Crippen LogP contribution in [0.25, 0.3) is 0 Å². The number of hydrogen-bond donors (Lipinski definition) is 2. The van der Waals surface area contributed by atoms with E-state index < -0.39 is 11.9 Å². The van der Waals surface area contributed by atoms with Crippen molar-refractivity contribution in [3.8, 4) is 0 Å². The highest BCUT2D eigenvalue weighted by atomic mass is 19.1. The Morgan fingerprint density at radius 3 is 2.68 bits per heavy atom. The first-order valence-corrected chi connectivity index (χ1v) is 9.20. The van der Waals surface area contributed by atoms with Gasteiger partial charge in [0.2, 0.25) is 0 Å². The minimum Gasteiger partial charge on any atom is -0.453 e. The molecule has 0 aromatic heterocycles. The van der Waals surface area contributed by atoms with E-state index in [1.54, 1.807) is 4.90 Å². The van der Waals surface area contributed by atoms with Gasteiger partial charge in [-0.3, -0.25) is 5.32 Å². The van der Waals surface area contributed by atoms with Crippen LogP contribution < -0.4 is 10.6 Å². The van der Waals surface area contributed by atoms with E-state index in [1.165, 1.54) is 36.4 Å². The minimum atomic E-state index is -0.782. The zero-order valence-corrected chi connectivity index (χ0v) is 16.2. The first kappa shape index (κ1) is 19.7. The summed E-state index contributed by atoms with van der Waals surface area (Å²) in [6.45, 7) is 5.47. The van der Waals surface area contributed by atoms with Gasteiger partial charge in [-0.05, 0) is 47.2 Å². The Morgan fingerprint density at radius 1 is 1.18 bits per heavy atom. The summed E-state index contributed by atoms with van der Waals surface area (Å²) in [4.78, 5) is 25.7. The molecule has 148 valence electrons. The predicted molar refractivity (Wildman–Crippen MR) is 106 cm³/mol. The molecule has 0 saturated heterocycles. The van der Waals surface area contributed by atoms with Crippen molar-refractivity contribution in [2.24, 2.45) is 0 Å². The second kappa shape index (κ2) is 8.29. The molecule has 2 N–H and O–H groups in total. The van der Waals surface area contributed by atoms with E-state index in [-0.39, 0.29) is 11.7 Å². The summed E-state index contributed by atoms with van der Waals surface area (Å²) in [5.74, 6) is -0.174. The van der Waals surface area contributed by atoms with E-state index in [9.17, 15) is 14.0 Å². The molecule has 0 saturated carbocycles. The number of nitrogens with zero attached hydrogens (tertiary/aromatic N) is 1. The molecular formula is C21H24FN3O3. The molecule has 0 radical (unpaired) electrons. The maximum atomic E-state index is 13.8. The van der Waals surface area contributed by atoms with Gasteiger partial charge in [0.05, 0.1) is 12.8 Å². The van der Waals surface area contributed by atoms with E-state index in [0.29, 0.717) is 24.7 Å². The van der Waals surface area contributed by atoms with E-state index in [2.05, 4.69) is 41.4 Å². The Hall–Kier alpha value is -3.09. The maximum Gasteiger partial charge on any atom is 0.411 e. The molecule has 28 heavy (non-hydrogen) atoms. The van der Waals surface area contributed by atoms with Crippen LogP contribution >= 0.6 is 0 Å². The monoisotopic (exact) mass is 385 g/mol. The smallest absolute Gasteiger partial charge is 0.411 e. The summed E-state index contributed by atoms with van der Waals surface area (Å²) in [5, 5.41) is 5.05. The van der Waals surface area contributed by atoms with Crippen molar-refractivity contribution in [2.75, 3.05) is 24.3 Å². The highest BCUT2D eigenvalue weighted by Gasteiger charge is 2.23. The SMILES string of the molecule is COC(=O)Nc1cc(NC(=O)N2CCc3c(cccc3C(C)C)C2)ccc1F. The van der Waals surface area contributed by atoms with Crippen LogP contribution in [-0.4, -0.2) is 30.7 Å². The predicted octanol–water partition coefficient (Wildman–Crippen LogP) is 4.72. The Labute approximate surface area is 163 Å². The van der Waals surface area contributed by atoms with Crippen LogP contribution in [0.4, 0.5) is 25.4 Å². The second-order valence-corrected chi connectivity index (χ2v) is 7.05. The maximum absolute atomic E-state index is 13.8. The van der Waals surface area contributed by atoms with Crippen molar-refractivity contribution >= 4 is 23.5 Å². The van der Waals surface area contributed by atoms with Gasteiger partial charge < -0.3 is 15.0 Å². The number of anilines is 2. The van der Waals surface area contributed by atoms with Crippen LogP contribution in [0.2, 0.25) is 0 Å². The van der Waals surface area contributed by atoms with Crippen molar-refractivity contribution in [3.63, 3.8) is 0 Å². The molecule has 0 unspecified atom stereocenters. The van der Waals surface area contributed by atoms with Crippen molar-refractivity contribution < 1.29 is 18.7 Å². The van der Waals surface area contributed by atoms with Crippen molar-refractivity contribution in [1.29, 1.82) is 0 Å². The summed E-state index contributed by atoms with van der Waals surface area (Å²) in [6.07, 6.45) is 0.0198. The molecule has 3 amide bonds. The molecule has 0 aliphatic carbocycles. The summed E-state index contributed by atoms with van der Waals surface area (Å²) < 4.78 is 18.3. The fourth-order valence-corrected chi connectivity index (χ4v) is 3.42. The van der Waals surface area contributed by atoms with Crippen LogP contribution in [0.3, 0.4) is 0 Å². The second-order valence-electron chi connectivity index (χ2n) is 7.05. The molecule has 0 fully saturated rings. The molecule has 6 nitrogen and oxygen atoms in total. The van der Waals surface area contributed by atoms with Gasteiger partial charge in [-0.2, -0.15) is 0 Å². The Balaban J connectivity index is 1.72. The van der Waals surface area contributed by atoms with Gasteiger partial charge in [0, 0.05) is 18.8 Å². The summed E-state index contributed by atoms with van der Waals surface area (Å²) in [7, 11) is 1.19. The zero-order valence-electron chi connectivity index (χ0n) is 16.2. The van der Waals surface area contributed by atoms with E-state index >= 15 is 0 Å². The molecule has 7 heteroatoms. The molecule has 0 spiro atoms. The van der Waals surface area contributed by atoms with Gasteiger partial charge in [-0.1, -0.05) is 32.0 Å². The number of hydrogen-bond acceptors (Lipinski definition) is 3. The number of benzene rings is 2. The van der Waals surface area contributed by atoms with Crippen LogP contribution in [0, 0.1) is 5.82 Å². The fraction of sp³-hybridized carbons (Fsp3) is 0.333. The number of fused-ring (bicyclic) bond motifs is 1. The first-order chi connectivity index (χ1) is 13.4. The van der Waals surface area contributed by atoms with Crippen LogP contribution in [0.1, 0.15) is 36.5 Å². The lowest BCUT2D eigenvalue weighted by Crippen LogP contribution is -2.39. The summed E-state index contributed by atoms with van der Waals surface area (Å²) >= 11 is 0. The largest absolute Gasteiger partial charge is 0.453 e. The highest BCUT2D eigenvalue weighted by molar-refractivity contribution is 5.91. The number of carbonyl (C=O) groups is 2. The van der Waals surface area contributed by atoms with Crippen molar-refractivity contribution in [2.45, 2.75) is 32.7 Å². The third kappa shape index (κ3) is 4.24. The van der Waals surface area contributed by atoms with Crippen LogP contribution in [0.15, 0.2) is 36.4 Å². The number of urea groups is 1. The van der Waals surface area contributed by atoms with Gasteiger partial charge >= 0.3 is 12.1 Å². The minimum absolute atomic E-state index is 0.0600. The third-order valence-electron chi connectivity index (χ3n) is 4.85. The molecule has 0 bridgehead atoms. The molecule has 0 atom stereocenters. The lowest BCUT2D eigenvalue weighted by atomic mass is 9.89. The van der Waals surface area contributed by atoms with E-state index in [4.69, 9.17) is 0 Å². The van der Waals surface area contributed by atoms with Gasteiger partial charge in [-0.15, -0.1) is 0 Å².